The largest absolute Gasteiger partial charge is 0.416 e. The number of aromatic nitrogens is 1. The number of carbonyl (C=O) groups is 1. The van der Waals surface area contributed by atoms with Gasteiger partial charge in [0, 0.05) is 17.4 Å². The van der Waals surface area contributed by atoms with Crippen molar-refractivity contribution in [2.24, 2.45) is 5.16 Å². The highest BCUT2D eigenvalue weighted by molar-refractivity contribution is 7.98. The number of halogens is 3. The smallest absolute Gasteiger partial charge is 0.411 e. The maximum absolute atomic E-state index is 12.7. The molecule has 0 fully saturated rings. The summed E-state index contributed by atoms with van der Waals surface area (Å²) in [6.07, 6.45) is -1.60. The van der Waals surface area contributed by atoms with Gasteiger partial charge in [0.25, 0.3) is 0 Å². The first-order chi connectivity index (χ1) is 12.7. The Bertz CT molecular complexity index is 858. The van der Waals surface area contributed by atoms with Gasteiger partial charge in [-0.1, -0.05) is 11.2 Å². The Morgan fingerprint density at radius 2 is 2.15 bits per heavy atom. The summed E-state index contributed by atoms with van der Waals surface area (Å²) in [5.41, 5.74) is 5.68. The Labute approximate surface area is 156 Å². The second-order valence-electron chi connectivity index (χ2n) is 5.24. The molecule has 1 amide bonds. The molecule has 7 nitrogen and oxygen atoms in total. The van der Waals surface area contributed by atoms with Crippen LogP contribution in [-0.2, 0) is 11.0 Å². The number of amides is 1. The third kappa shape index (κ3) is 5.51. The number of pyridine rings is 1. The van der Waals surface area contributed by atoms with E-state index in [4.69, 9.17) is 10.9 Å². The summed E-state index contributed by atoms with van der Waals surface area (Å²) in [6.45, 7) is -0.250. The number of nitrogens with one attached hydrogen (secondary N) is 2. The molecule has 144 valence electrons. The highest BCUT2D eigenvalue weighted by atomic mass is 32.2. The average molecular weight is 399 g/mol. The summed E-state index contributed by atoms with van der Waals surface area (Å²) < 4.78 is 38.2. The number of carbonyl (C=O) groups excluding carboxylic acids is 1. The van der Waals surface area contributed by atoms with Crippen LogP contribution in [0.5, 0.6) is 0 Å². The molecule has 27 heavy (non-hydrogen) atoms. The molecule has 0 saturated heterocycles. The van der Waals surface area contributed by atoms with Crippen LogP contribution in [0, 0.1) is 0 Å². The van der Waals surface area contributed by atoms with Gasteiger partial charge in [-0.05, 0) is 24.5 Å². The van der Waals surface area contributed by atoms with Crippen LogP contribution in [0.1, 0.15) is 11.1 Å². The van der Waals surface area contributed by atoms with Crippen molar-refractivity contribution in [3.8, 4) is 0 Å². The van der Waals surface area contributed by atoms with Crippen LogP contribution < -0.4 is 16.4 Å². The van der Waals surface area contributed by atoms with Gasteiger partial charge in [-0.25, -0.2) is 4.98 Å². The molecule has 0 unspecified atom stereocenters. The number of nitrogen functional groups attached to an aromatic ring is 1. The van der Waals surface area contributed by atoms with Crippen LogP contribution in [0.3, 0.4) is 0 Å². The summed E-state index contributed by atoms with van der Waals surface area (Å²) in [6, 6.07) is 5.77. The molecule has 0 bridgehead atoms. The Hall–Kier alpha value is -2.95. The van der Waals surface area contributed by atoms with Gasteiger partial charge in [0.05, 0.1) is 23.9 Å². The molecule has 2 rings (SSSR count). The third-order valence-corrected chi connectivity index (χ3v) is 4.03. The molecule has 0 aliphatic heterocycles. The van der Waals surface area contributed by atoms with Crippen molar-refractivity contribution in [2.75, 3.05) is 29.2 Å². The zero-order valence-electron chi connectivity index (χ0n) is 14.0. The normalized spacial score (nSPS) is 11.6. The van der Waals surface area contributed by atoms with Crippen LogP contribution in [0.15, 0.2) is 40.5 Å². The number of rotatable bonds is 6. The molecule has 0 atom stereocenters. The Morgan fingerprint density at radius 1 is 1.41 bits per heavy atom. The highest BCUT2D eigenvalue weighted by Crippen LogP contribution is 2.30. The fraction of sp³-hybridized carbons (Fsp3) is 0.188. The number of nitrogens with two attached hydrogens (primary N) is 1. The van der Waals surface area contributed by atoms with E-state index in [1.54, 1.807) is 6.26 Å². The van der Waals surface area contributed by atoms with E-state index in [2.05, 4.69) is 20.8 Å². The third-order valence-electron chi connectivity index (χ3n) is 3.34. The first-order valence-electron chi connectivity index (χ1n) is 7.47. The number of nitrogens with zero attached hydrogens (tertiary/aromatic N) is 2. The monoisotopic (exact) mass is 399 g/mol. The zero-order valence-corrected chi connectivity index (χ0v) is 14.9. The molecule has 5 N–H and O–H groups in total. The van der Waals surface area contributed by atoms with Gasteiger partial charge in [0.1, 0.15) is 10.8 Å². The van der Waals surface area contributed by atoms with Crippen molar-refractivity contribution in [1.82, 2.24) is 4.98 Å². The Balaban J connectivity index is 2.11. The van der Waals surface area contributed by atoms with Gasteiger partial charge in [0.15, 0.2) is 0 Å². The molecule has 2 aromatic rings. The van der Waals surface area contributed by atoms with E-state index < -0.39 is 17.6 Å². The molecule has 0 spiro atoms. The number of hydrogen-bond acceptors (Lipinski definition) is 7. The zero-order chi connectivity index (χ0) is 20.0. The molecular weight excluding hydrogens is 383 g/mol. The first kappa shape index (κ1) is 20.4. The molecule has 0 saturated carbocycles. The average Bonchev–Trinajstić information content (AvgIpc) is 2.61. The van der Waals surface area contributed by atoms with Crippen LogP contribution in [0.4, 0.5) is 30.4 Å². The van der Waals surface area contributed by atoms with Crippen LogP contribution in [-0.4, -0.2) is 35.1 Å². The minimum Gasteiger partial charge on any atom is -0.411 e. The SMILES string of the molecule is CSc1nc(N)cc(NCC(=O)Nc2cccc(C(F)(F)F)c2)c1C=NO. The van der Waals surface area contributed by atoms with Crippen molar-refractivity contribution in [3.63, 3.8) is 0 Å². The molecule has 11 heteroatoms. The lowest BCUT2D eigenvalue weighted by atomic mass is 10.2. The van der Waals surface area contributed by atoms with Gasteiger partial charge < -0.3 is 21.6 Å². The van der Waals surface area contributed by atoms with E-state index in [-0.39, 0.29) is 18.1 Å². The van der Waals surface area contributed by atoms with Crippen LogP contribution in [0.25, 0.3) is 0 Å². The molecule has 0 aliphatic rings. The lowest BCUT2D eigenvalue weighted by Gasteiger charge is -2.13. The summed E-state index contributed by atoms with van der Waals surface area (Å²) in [5.74, 6) is -0.377. The van der Waals surface area contributed by atoms with E-state index in [1.807, 2.05) is 0 Å². The predicted octanol–water partition coefficient (Wildman–Crippen LogP) is 3.26. The number of hydrogen-bond donors (Lipinski definition) is 4. The second-order valence-corrected chi connectivity index (χ2v) is 6.04. The minimum atomic E-state index is -4.50. The number of anilines is 3. The first-order valence-corrected chi connectivity index (χ1v) is 8.70. The van der Waals surface area contributed by atoms with Gasteiger partial charge in [-0.2, -0.15) is 13.2 Å². The fourth-order valence-corrected chi connectivity index (χ4v) is 2.77. The van der Waals surface area contributed by atoms with Gasteiger partial charge >= 0.3 is 6.18 Å². The topological polar surface area (TPSA) is 113 Å². The molecule has 0 radical (unpaired) electrons. The molecular formula is C16H16F3N5O2S. The summed E-state index contributed by atoms with van der Waals surface area (Å²) in [4.78, 5) is 16.2. The second kappa shape index (κ2) is 8.62. The predicted molar refractivity (Wildman–Crippen MR) is 98.4 cm³/mol. The van der Waals surface area contributed by atoms with E-state index >= 15 is 0 Å². The van der Waals surface area contributed by atoms with Crippen molar-refractivity contribution in [2.45, 2.75) is 11.2 Å². The van der Waals surface area contributed by atoms with E-state index in [1.165, 1.54) is 30.0 Å². The highest BCUT2D eigenvalue weighted by Gasteiger charge is 2.30. The maximum atomic E-state index is 12.7. The van der Waals surface area contributed by atoms with Crippen molar-refractivity contribution < 1.29 is 23.2 Å². The Kier molecular flexibility index (Phi) is 6.50. The molecule has 1 aromatic carbocycles. The van der Waals surface area contributed by atoms with Crippen molar-refractivity contribution >= 4 is 41.1 Å². The number of oxime groups is 1. The number of thioether (sulfide) groups is 1. The minimum absolute atomic E-state index is 0.0211. The Morgan fingerprint density at radius 3 is 2.78 bits per heavy atom. The van der Waals surface area contributed by atoms with Gasteiger partial charge in [0.2, 0.25) is 5.91 Å². The quantitative estimate of drug-likeness (QED) is 0.257. The molecule has 1 aromatic heterocycles. The molecule has 1 heterocycles. The summed E-state index contributed by atoms with van der Waals surface area (Å²) in [5, 5.41) is 17.4. The van der Waals surface area contributed by atoms with E-state index in [0.29, 0.717) is 16.3 Å². The maximum Gasteiger partial charge on any atom is 0.416 e. The van der Waals surface area contributed by atoms with Gasteiger partial charge in [-0.3, -0.25) is 4.79 Å². The molecule has 0 aliphatic carbocycles. The lowest BCUT2D eigenvalue weighted by Crippen LogP contribution is -2.22. The summed E-state index contributed by atoms with van der Waals surface area (Å²) >= 11 is 1.26. The van der Waals surface area contributed by atoms with Crippen molar-refractivity contribution in [1.29, 1.82) is 0 Å². The van der Waals surface area contributed by atoms with Crippen molar-refractivity contribution in [3.05, 3.63) is 41.5 Å². The summed E-state index contributed by atoms with van der Waals surface area (Å²) in [7, 11) is 0. The van der Waals surface area contributed by atoms with Crippen LogP contribution >= 0.6 is 11.8 Å². The van der Waals surface area contributed by atoms with Crippen LogP contribution in [0.2, 0.25) is 0 Å². The fourth-order valence-electron chi connectivity index (χ4n) is 2.19. The van der Waals surface area contributed by atoms with E-state index in [9.17, 15) is 18.0 Å². The van der Waals surface area contributed by atoms with Gasteiger partial charge in [-0.15, -0.1) is 11.8 Å². The number of benzene rings is 1. The van der Waals surface area contributed by atoms with E-state index in [0.717, 1.165) is 18.3 Å². The number of alkyl halides is 3. The standard InChI is InChI=1S/C16H16F3N5O2S/c1-27-15-11(7-22-26)12(6-13(20)24-15)21-8-14(25)23-10-4-2-3-9(5-10)16(17,18)19/h2-7,26H,8H2,1H3,(H,23,25)(H3,20,21,24). The lowest BCUT2D eigenvalue weighted by molar-refractivity contribution is -0.137.